The maximum atomic E-state index is 3.79. The van der Waals surface area contributed by atoms with Gasteiger partial charge in [-0.3, -0.25) is 0 Å². The van der Waals surface area contributed by atoms with E-state index < -0.39 is 0 Å². The van der Waals surface area contributed by atoms with E-state index in [9.17, 15) is 0 Å². The van der Waals surface area contributed by atoms with Crippen molar-refractivity contribution in [3.8, 4) is 22.5 Å². The molecule has 0 amide bonds. The first-order valence-corrected chi connectivity index (χ1v) is 8.47. The van der Waals surface area contributed by atoms with Crippen LogP contribution in [0.3, 0.4) is 0 Å². The SMILES string of the molecule is C1=C[C@H]2CC[C@@H]1c1c(-c3ccccc3)[nH]c(-c3ccccc3)c12. The van der Waals surface area contributed by atoms with Crippen LogP contribution >= 0.6 is 0 Å². The van der Waals surface area contributed by atoms with Gasteiger partial charge in [-0.25, -0.2) is 0 Å². The topological polar surface area (TPSA) is 15.8 Å². The normalized spacial score (nSPS) is 21.4. The zero-order chi connectivity index (χ0) is 15.2. The van der Waals surface area contributed by atoms with Crippen molar-refractivity contribution in [1.82, 2.24) is 4.98 Å². The van der Waals surface area contributed by atoms with E-state index in [1.807, 2.05) is 0 Å². The monoisotopic (exact) mass is 297 g/mol. The van der Waals surface area contributed by atoms with Crippen LogP contribution in [0.1, 0.15) is 35.8 Å². The summed E-state index contributed by atoms with van der Waals surface area (Å²) in [6.07, 6.45) is 7.40. The van der Waals surface area contributed by atoms with Gasteiger partial charge >= 0.3 is 0 Å². The Labute approximate surface area is 136 Å². The molecule has 23 heavy (non-hydrogen) atoms. The van der Waals surface area contributed by atoms with Crippen LogP contribution in [0.15, 0.2) is 72.8 Å². The van der Waals surface area contributed by atoms with E-state index in [2.05, 4.69) is 77.8 Å². The molecule has 2 bridgehead atoms. The van der Waals surface area contributed by atoms with Crippen molar-refractivity contribution >= 4 is 0 Å². The molecule has 1 nitrogen and oxygen atoms in total. The van der Waals surface area contributed by atoms with Crippen LogP contribution in [-0.4, -0.2) is 4.98 Å². The fourth-order valence-electron chi connectivity index (χ4n) is 4.27. The number of allylic oxidation sites excluding steroid dienone is 2. The van der Waals surface area contributed by atoms with E-state index in [4.69, 9.17) is 0 Å². The van der Waals surface area contributed by atoms with Crippen molar-refractivity contribution in [2.75, 3.05) is 0 Å². The highest BCUT2D eigenvalue weighted by Gasteiger charge is 2.35. The Morgan fingerprint density at radius 1 is 0.609 bits per heavy atom. The zero-order valence-corrected chi connectivity index (χ0v) is 13.0. The molecular weight excluding hydrogens is 278 g/mol. The standard InChI is InChI=1S/C22H19N/c1-3-7-17(8-4-1)21-19-15-11-13-16(14-12-15)20(19)22(23-21)18-9-5-2-6-10-18/h1-11,13,15-16,23H,12,14H2/t15-,16+. The first-order valence-electron chi connectivity index (χ1n) is 8.47. The minimum absolute atomic E-state index is 0.568. The molecule has 1 N–H and O–H groups in total. The Kier molecular flexibility index (Phi) is 2.81. The molecule has 1 aromatic heterocycles. The Bertz CT molecular complexity index is 799. The molecule has 112 valence electrons. The summed E-state index contributed by atoms with van der Waals surface area (Å²) in [6, 6.07) is 21.5. The van der Waals surface area contributed by atoms with Gasteiger partial charge in [0.05, 0.1) is 0 Å². The fourth-order valence-corrected chi connectivity index (χ4v) is 4.27. The number of nitrogens with one attached hydrogen (secondary N) is 1. The van der Waals surface area contributed by atoms with Crippen LogP contribution in [0, 0.1) is 0 Å². The van der Waals surface area contributed by atoms with Gasteiger partial charge in [-0.2, -0.15) is 0 Å². The third kappa shape index (κ3) is 1.93. The number of aromatic nitrogens is 1. The summed E-state index contributed by atoms with van der Waals surface area (Å²) in [4.78, 5) is 3.79. The Morgan fingerprint density at radius 2 is 1.04 bits per heavy atom. The van der Waals surface area contributed by atoms with Gasteiger partial charge in [0.2, 0.25) is 0 Å². The number of fused-ring (bicyclic) bond motifs is 1. The third-order valence-corrected chi connectivity index (χ3v) is 5.31. The molecule has 2 atom stereocenters. The third-order valence-electron chi connectivity index (χ3n) is 5.31. The van der Waals surface area contributed by atoms with Gasteiger partial charge < -0.3 is 4.98 Å². The second-order valence-corrected chi connectivity index (χ2v) is 6.61. The maximum Gasteiger partial charge on any atom is 0.0500 e. The minimum atomic E-state index is 0.568. The molecule has 2 aromatic carbocycles. The molecule has 0 fully saturated rings. The second-order valence-electron chi connectivity index (χ2n) is 6.61. The van der Waals surface area contributed by atoms with Crippen LogP contribution in [0.5, 0.6) is 0 Å². The van der Waals surface area contributed by atoms with E-state index in [0.717, 1.165) is 0 Å². The van der Waals surface area contributed by atoms with Gasteiger partial charge in [0.1, 0.15) is 0 Å². The predicted octanol–water partition coefficient (Wildman–Crippen LogP) is 5.88. The molecule has 0 aliphatic heterocycles. The highest BCUT2D eigenvalue weighted by molar-refractivity contribution is 5.79. The van der Waals surface area contributed by atoms with Crippen LogP contribution < -0.4 is 0 Å². The number of benzene rings is 2. The molecule has 0 saturated heterocycles. The lowest BCUT2D eigenvalue weighted by molar-refractivity contribution is 0.558. The first-order chi connectivity index (χ1) is 11.4. The molecule has 1 heterocycles. The quantitative estimate of drug-likeness (QED) is 0.568. The molecule has 0 saturated carbocycles. The molecule has 0 unspecified atom stereocenters. The van der Waals surface area contributed by atoms with Gasteiger partial charge in [0, 0.05) is 23.2 Å². The van der Waals surface area contributed by atoms with Crippen LogP contribution in [0.4, 0.5) is 0 Å². The zero-order valence-electron chi connectivity index (χ0n) is 13.0. The van der Waals surface area contributed by atoms with Crippen molar-refractivity contribution < 1.29 is 0 Å². The van der Waals surface area contributed by atoms with Gasteiger partial charge in [0.15, 0.2) is 0 Å². The molecule has 0 spiro atoms. The lowest BCUT2D eigenvalue weighted by Gasteiger charge is -2.32. The first kappa shape index (κ1) is 13.0. The van der Waals surface area contributed by atoms with Crippen LogP contribution in [0.2, 0.25) is 0 Å². The smallest absolute Gasteiger partial charge is 0.0500 e. The van der Waals surface area contributed by atoms with Crippen LogP contribution in [-0.2, 0) is 0 Å². The molecule has 6 rings (SSSR count). The summed E-state index contributed by atoms with van der Waals surface area (Å²) in [5.41, 5.74) is 8.30. The summed E-state index contributed by atoms with van der Waals surface area (Å²) in [5.74, 6) is 1.14. The van der Waals surface area contributed by atoms with Gasteiger partial charge in [-0.1, -0.05) is 72.8 Å². The van der Waals surface area contributed by atoms with E-state index in [-0.39, 0.29) is 0 Å². The maximum absolute atomic E-state index is 3.79. The molecule has 3 aromatic rings. The fraction of sp³-hybridized carbons (Fsp3) is 0.182. The lowest BCUT2D eigenvalue weighted by Crippen LogP contribution is -2.16. The summed E-state index contributed by atoms with van der Waals surface area (Å²) in [6.45, 7) is 0. The van der Waals surface area contributed by atoms with E-state index >= 15 is 0 Å². The summed E-state index contributed by atoms with van der Waals surface area (Å²) in [5, 5.41) is 0. The highest BCUT2D eigenvalue weighted by Crippen LogP contribution is 2.52. The second kappa shape index (κ2) is 4.99. The number of aromatic amines is 1. The molecule has 3 aliphatic carbocycles. The lowest BCUT2D eigenvalue weighted by atomic mass is 9.71. The summed E-state index contributed by atoms with van der Waals surface area (Å²) >= 11 is 0. The van der Waals surface area contributed by atoms with E-state index in [0.29, 0.717) is 11.8 Å². The Hall–Kier alpha value is -2.54. The van der Waals surface area contributed by atoms with Crippen LogP contribution in [0.25, 0.3) is 22.5 Å². The van der Waals surface area contributed by atoms with Gasteiger partial charge in [-0.05, 0) is 35.1 Å². The minimum Gasteiger partial charge on any atom is -0.354 e. The Balaban J connectivity index is 1.79. The van der Waals surface area contributed by atoms with Crippen molar-refractivity contribution in [2.45, 2.75) is 24.7 Å². The molecule has 3 aliphatic rings. The number of hydrogen-bond acceptors (Lipinski definition) is 0. The predicted molar refractivity (Wildman–Crippen MR) is 95.5 cm³/mol. The van der Waals surface area contributed by atoms with Crippen molar-refractivity contribution in [2.24, 2.45) is 0 Å². The van der Waals surface area contributed by atoms with Crippen molar-refractivity contribution in [3.63, 3.8) is 0 Å². The van der Waals surface area contributed by atoms with Crippen molar-refractivity contribution in [1.29, 1.82) is 0 Å². The van der Waals surface area contributed by atoms with E-state index in [1.165, 1.54) is 46.5 Å². The Morgan fingerprint density at radius 3 is 1.43 bits per heavy atom. The molecular formula is C22H19N. The van der Waals surface area contributed by atoms with Crippen molar-refractivity contribution in [3.05, 3.63) is 83.9 Å². The molecule has 1 heteroatoms. The summed E-state index contributed by atoms with van der Waals surface area (Å²) < 4.78 is 0. The highest BCUT2D eigenvalue weighted by atomic mass is 14.8. The van der Waals surface area contributed by atoms with E-state index in [1.54, 1.807) is 0 Å². The average Bonchev–Trinajstić information content (AvgIpc) is 3.07. The number of rotatable bonds is 2. The molecule has 0 radical (unpaired) electrons. The number of H-pyrrole nitrogens is 1. The average molecular weight is 297 g/mol. The van der Waals surface area contributed by atoms with Gasteiger partial charge in [0.25, 0.3) is 0 Å². The number of hydrogen-bond donors (Lipinski definition) is 1. The van der Waals surface area contributed by atoms with Gasteiger partial charge in [-0.15, -0.1) is 0 Å². The summed E-state index contributed by atoms with van der Waals surface area (Å²) in [7, 11) is 0. The largest absolute Gasteiger partial charge is 0.354 e.